The highest BCUT2D eigenvalue weighted by Crippen LogP contribution is 2.48. The summed E-state index contributed by atoms with van der Waals surface area (Å²) in [6.45, 7) is 1.77. The van der Waals surface area contributed by atoms with Crippen LogP contribution in [0.2, 0.25) is 0 Å². The van der Waals surface area contributed by atoms with Gasteiger partial charge in [0.25, 0.3) is 0 Å². The van der Waals surface area contributed by atoms with Crippen molar-refractivity contribution in [1.29, 1.82) is 0 Å². The summed E-state index contributed by atoms with van der Waals surface area (Å²) >= 11 is 0. The van der Waals surface area contributed by atoms with Crippen LogP contribution in [0.5, 0.6) is 0 Å². The molecule has 1 amide bonds. The lowest BCUT2D eigenvalue weighted by atomic mass is 9.65. The van der Waals surface area contributed by atoms with Gasteiger partial charge < -0.3 is 9.64 Å². The van der Waals surface area contributed by atoms with Gasteiger partial charge in [0.1, 0.15) is 0 Å². The van der Waals surface area contributed by atoms with E-state index in [9.17, 15) is 4.79 Å². The molecule has 1 saturated heterocycles. The molecule has 3 fully saturated rings. The van der Waals surface area contributed by atoms with Crippen LogP contribution in [0.4, 0.5) is 0 Å². The second-order valence-corrected chi connectivity index (χ2v) is 6.17. The first-order valence-corrected chi connectivity index (χ1v) is 7.05. The Hall–Kier alpha value is -0.570. The minimum absolute atomic E-state index is 0.0412. The molecular formula is C14H23NO2. The molecule has 3 heteroatoms. The van der Waals surface area contributed by atoms with E-state index in [1.807, 2.05) is 0 Å². The average Bonchev–Trinajstić information content (AvgIpc) is 2.89. The Kier molecular flexibility index (Phi) is 2.89. The number of methoxy groups -OCH3 is 1. The van der Waals surface area contributed by atoms with Crippen LogP contribution in [0.15, 0.2) is 0 Å². The molecule has 1 aliphatic heterocycles. The predicted molar refractivity (Wildman–Crippen MR) is 65.6 cm³/mol. The minimum Gasteiger partial charge on any atom is -0.385 e. The van der Waals surface area contributed by atoms with E-state index < -0.39 is 0 Å². The first-order chi connectivity index (χ1) is 8.25. The van der Waals surface area contributed by atoms with Crippen molar-refractivity contribution < 1.29 is 9.53 Å². The molecule has 0 aromatic heterocycles. The van der Waals surface area contributed by atoms with Gasteiger partial charge in [0.2, 0.25) is 5.91 Å². The van der Waals surface area contributed by atoms with Crippen molar-refractivity contribution in [3.8, 4) is 0 Å². The Bertz CT molecular complexity index is 311. The maximum atomic E-state index is 12.7. The standard InChI is InChI=1S/C14H23NO2/c1-17-8-7-14(5-2-6-14)13(16)15-10-11-3-4-12(15)9-11/h11-12H,2-10H2,1H3/t11-,12-/m0/s1. The minimum atomic E-state index is -0.0412. The zero-order valence-electron chi connectivity index (χ0n) is 10.8. The number of hydrogen-bond donors (Lipinski definition) is 0. The van der Waals surface area contributed by atoms with Gasteiger partial charge in [0.05, 0.1) is 5.41 Å². The Balaban J connectivity index is 1.68. The van der Waals surface area contributed by atoms with Crippen LogP contribution in [-0.4, -0.2) is 37.1 Å². The van der Waals surface area contributed by atoms with E-state index in [4.69, 9.17) is 4.74 Å². The molecule has 0 radical (unpaired) electrons. The van der Waals surface area contributed by atoms with E-state index in [0.717, 1.165) is 38.3 Å². The van der Waals surface area contributed by atoms with Crippen LogP contribution < -0.4 is 0 Å². The van der Waals surface area contributed by atoms with Crippen LogP contribution in [0.25, 0.3) is 0 Å². The third-order valence-electron chi connectivity index (χ3n) is 5.22. The van der Waals surface area contributed by atoms with Crippen molar-refractivity contribution in [2.75, 3.05) is 20.3 Å². The zero-order valence-corrected chi connectivity index (χ0v) is 10.8. The van der Waals surface area contributed by atoms with Crippen molar-refractivity contribution in [3.63, 3.8) is 0 Å². The predicted octanol–water partition coefficient (Wildman–Crippen LogP) is 2.20. The summed E-state index contributed by atoms with van der Waals surface area (Å²) in [5, 5.41) is 0. The van der Waals surface area contributed by atoms with Crippen molar-refractivity contribution in [2.45, 2.75) is 51.0 Å². The second-order valence-electron chi connectivity index (χ2n) is 6.17. The van der Waals surface area contributed by atoms with Crippen LogP contribution >= 0.6 is 0 Å². The molecule has 96 valence electrons. The molecule has 0 aromatic rings. The molecule has 0 aromatic carbocycles. The Labute approximate surface area is 104 Å². The highest BCUT2D eigenvalue weighted by molar-refractivity contribution is 5.84. The summed E-state index contributed by atoms with van der Waals surface area (Å²) in [5.74, 6) is 1.26. The van der Waals surface area contributed by atoms with Crippen LogP contribution in [-0.2, 0) is 9.53 Å². The van der Waals surface area contributed by atoms with E-state index in [1.165, 1.54) is 25.7 Å². The lowest BCUT2D eigenvalue weighted by Crippen LogP contribution is -2.51. The van der Waals surface area contributed by atoms with Crippen LogP contribution in [0.1, 0.15) is 44.9 Å². The number of likely N-dealkylation sites (tertiary alicyclic amines) is 1. The molecule has 17 heavy (non-hydrogen) atoms. The smallest absolute Gasteiger partial charge is 0.229 e. The maximum absolute atomic E-state index is 12.7. The van der Waals surface area contributed by atoms with E-state index in [0.29, 0.717) is 11.9 Å². The molecule has 0 unspecified atom stereocenters. The number of carbonyl (C=O) groups is 1. The molecule has 0 N–H and O–H groups in total. The van der Waals surface area contributed by atoms with Gasteiger partial charge in [-0.2, -0.15) is 0 Å². The Morgan fingerprint density at radius 1 is 1.41 bits per heavy atom. The summed E-state index contributed by atoms with van der Waals surface area (Å²) in [6.07, 6.45) is 8.18. The Morgan fingerprint density at radius 3 is 2.71 bits per heavy atom. The quantitative estimate of drug-likeness (QED) is 0.750. The van der Waals surface area contributed by atoms with Crippen molar-refractivity contribution >= 4 is 5.91 Å². The monoisotopic (exact) mass is 237 g/mol. The van der Waals surface area contributed by atoms with Crippen molar-refractivity contribution in [1.82, 2.24) is 4.90 Å². The summed E-state index contributed by atoms with van der Waals surface area (Å²) < 4.78 is 5.18. The molecule has 2 atom stereocenters. The fourth-order valence-corrected chi connectivity index (χ4v) is 3.95. The third kappa shape index (κ3) is 1.79. The number of ether oxygens (including phenoxy) is 1. The van der Waals surface area contributed by atoms with Crippen molar-refractivity contribution in [2.24, 2.45) is 11.3 Å². The van der Waals surface area contributed by atoms with E-state index in [1.54, 1.807) is 7.11 Å². The third-order valence-corrected chi connectivity index (χ3v) is 5.22. The van der Waals surface area contributed by atoms with Gasteiger partial charge >= 0.3 is 0 Å². The number of carbonyl (C=O) groups excluding carboxylic acids is 1. The first-order valence-electron chi connectivity index (χ1n) is 7.05. The largest absolute Gasteiger partial charge is 0.385 e. The molecular weight excluding hydrogens is 214 g/mol. The Morgan fingerprint density at radius 2 is 2.24 bits per heavy atom. The fourth-order valence-electron chi connectivity index (χ4n) is 3.95. The summed E-state index contributed by atoms with van der Waals surface area (Å²) in [7, 11) is 1.73. The van der Waals surface area contributed by atoms with Gasteiger partial charge in [-0.1, -0.05) is 6.42 Å². The van der Waals surface area contributed by atoms with Gasteiger partial charge in [-0.05, 0) is 44.4 Å². The first kappa shape index (κ1) is 11.5. The highest BCUT2D eigenvalue weighted by Gasteiger charge is 2.50. The lowest BCUT2D eigenvalue weighted by Gasteiger charge is -2.44. The zero-order chi connectivity index (χ0) is 11.9. The number of fused-ring (bicyclic) bond motifs is 2. The molecule has 0 spiro atoms. The van der Waals surface area contributed by atoms with Crippen molar-refractivity contribution in [3.05, 3.63) is 0 Å². The molecule has 3 nitrogen and oxygen atoms in total. The summed E-state index contributed by atoms with van der Waals surface area (Å²) in [4.78, 5) is 14.9. The van der Waals surface area contributed by atoms with E-state index in [-0.39, 0.29) is 5.41 Å². The summed E-state index contributed by atoms with van der Waals surface area (Å²) in [5.41, 5.74) is -0.0412. The molecule has 3 rings (SSSR count). The average molecular weight is 237 g/mol. The topological polar surface area (TPSA) is 29.5 Å². The SMILES string of the molecule is COCCC1(C(=O)N2C[C@H]3CC[C@H]2C3)CCC1. The molecule has 2 saturated carbocycles. The molecule has 1 heterocycles. The summed E-state index contributed by atoms with van der Waals surface area (Å²) in [6, 6.07) is 0.576. The number of nitrogens with zero attached hydrogens (tertiary/aromatic N) is 1. The van der Waals surface area contributed by atoms with Gasteiger partial charge in [0.15, 0.2) is 0 Å². The van der Waals surface area contributed by atoms with Gasteiger partial charge in [-0.25, -0.2) is 0 Å². The number of piperidine rings is 1. The highest BCUT2D eigenvalue weighted by atomic mass is 16.5. The number of amides is 1. The van der Waals surface area contributed by atoms with Gasteiger partial charge in [0, 0.05) is 26.3 Å². The van der Waals surface area contributed by atoms with E-state index >= 15 is 0 Å². The lowest BCUT2D eigenvalue weighted by molar-refractivity contribution is -0.150. The molecule has 2 bridgehead atoms. The van der Waals surface area contributed by atoms with Gasteiger partial charge in [-0.3, -0.25) is 4.79 Å². The fraction of sp³-hybridized carbons (Fsp3) is 0.929. The van der Waals surface area contributed by atoms with Crippen LogP contribution in [0, 0.1) is 11.3 Å². The normalized spacial score (nSPS) is 33.8. The van der Waals surface area contributed by atoms with Crippen LogP contribution in [0.3, 0.4) is 0 Å². The second kappa shape index (κ2) is 4.27. The molecule has 2 aliphatic carbocycles. The number of hydrogen-bond acceptors (Lipinski definition) is 2. The molecule has 3 aliphatic rings. The maximum Gasteiger partial charge on any atom is 0.229 e. The number of rotatable bonds is 4. The van der Waals surface area contributed by atoms with E-state index in [2.05, 4.69) is 4.90 Å². The van der Waals surface area contributed by atoms with Gasteiger partial charge in [-0.15, -0.1) is 0 Å².